The first kappa shape index (κ1) is 24.4. The minimum absolute atomic E-state index is 0.00679. The standard InChI is InChI=1S/C23H41N5O2/c1-18(2)8-12-28(13-9-19(3)4)23(29)21-7-6-20(24)22(26-21)25-10-5-11-27-14-16-30-17-15-27/h6-7,18-19H,5,8-17,24H2,1-4H3,(H,25,26). The SMILES string of the molecule is CC(C)CCN(CCC(C)C)C(=O)c1ccc(N)c(NCCCN2CCOCC2)n1. The van der Waals surface area contributed by atoms with E-state index < -0.39 is 0 Å². The second-order valence-corrected chi connectivity index (χ2v) is 9.03. The lowest BCUT2D eigenvalue weighted by atomic mass is 10.1. The molecular weight excluding hydrogens is 378 g/mol. The van der Waals surface area contributed by atoms with Crippen molar-refractivity contribution < 1.29 is 9.53 Å². The first-order valence-corrected chi connectivity index (χ1v) is 11.5. The Kier molecular flexibility index (Phi) is 10.4. The number of pyridine rings is 1. The van der Waals surface area contributed by atoms with E-state index in [1.807, 2.05) is 4.90 Å². The van der Waals surface area contributed by atoms with Crippen molar-refractivity contribution in [1.29, 1.82) is 0 Å². The van der Waals surface area contributed by atoms with Crippen molar-refractivity contribution in [3.05, 3.63) is 17.8 Å². The van der Waals surface area contributed by atoms with Crippen LogP contribution in [0.15, 0.2) is 12.1 Å². The van der Waals surface area contributed by atoms with Crippen LogP contribution in [0.3, 0.4) is 0 Å². The van der Waals surface area contributed by atoms with Gasteiger partial charge in [-0.05, 0) is 49.8 Å². The minimum Gasteiger partial charge on any atom is -0.396 e. The van der Waals surface area contributed by atoms with Crippen LogP contribution in [-0.4, -0.2) is 73.2 Å². The lowest BCUT2D eigenvalue weighted by Crippen LogP contribution is -2.37. The van der Waals surface area contributed by atoms with Crippen LogP contribution >= 0.6 is 0 Å². The van der Waals surface area contributed by atoms with Crippen molar-refractivity contribution in [2.24, 2.45) is 11.8 Å². The quantitative estimate of drug-likeness (QED) is 0.506. The average molecular weight is 420 g/mol. The number of hydrogen-bond acceptors (Lipinski definition) is 6. The first-order valence-electron chi connectivity index (χ1n) is 11.5. The molecule has 0 radical (unpaired) electrons. The Hall–Kier alpha value is -1.86. The van der Waals surface area contributed by atoms with Gasteiger partial charge in [-0.25, -0.2) is 4.98 Å². The maximum absolute atomic E-state index is 13.1. The average Bonchev–Trinajstić information content (AvgIpc) is 2.72. The number of carbonyl (C=O) groups is 1. The van der Waals surface area contributed by atoms with E-state index in [1.165, 1.54) is 0 Å². The second-order valence-electron chi connectivity index (χ2n) is 9.03. The van der Waals surface area contributed by atoms with Gasteiger partial charge in [-0.15, -0.1) is 0 Å². The summed E-state index contributed by atoms with van der Waals surface area (Å²) in [5.74, 6) is 1.72. The maximum Gasteiger partial charge on any atom is 0.272 e. The molecule has 0 atom stereocenters. The highest BCUT2D eigenvalue weighted by Gasteiger charge is 2.19. The molecule has 1 fully saturated rings. The third-order valence-electron chi connectivity index (χ3n) is 5.43. The van der Waals surface area contributed by atoms with Gasteiger partial charge in [0, 0.05) is 32.7 Å². The molecular formula is C23H41N5O2. The number of nitrogens with zero attached hydrogens (tertiary/aromatic N) is 3. The third-order valence-corrected chi connectivity index (χ3v) is 5.43. The summed E-state index contributed by atoms with van der Waals surface area (Å²) in [6.45, 7) is 15.7. The molecule has 0 bridgehead atoms. The van der Waals surface area contributed by atoms with Gasteiger partial charge in [0.2, 0.25) is 0 Å². The zero-order valence-electron chi connectivity index (χ0n) is 19.3. The topological polar surface area (TPSA) is 83.7 Å². The molecule has 0 unspecified atom stereocenters. The van der Waals surface area contributed by atoms with Gasteiger partial charge in [-0.1, -0.05) is 27.7 Å². The highest BCUT2D eigenvalue weighted by Crippen LogP contribution is 2.18. The molecule has 1 aromatic heterocycles. The summed E-state index contributed by atoms with van der Waals surface area (Å²) in [6, 6.07) is 3.53. The number of morpholine rings is 1. The molecule has 1 aliphatic rings. The number of ether oxygens (including phenoxy) is 1. The highest BCUT2D eigenvalue weighted by atomic mass is 16.5. The lowest BCUT2D eigenvalue weighted by molar-refractivity contribution is 0.0378. The Morgan fingerprint density at radius 1 is 1.17 bits per heavy atom. The number of nitrogen functional groups attached to an aromatic ring is 1. The van der Waals surface area contributed by atoms with Crippen LogP contribution in [-0.2, 0) is 4.74 Å². The van der Waals surface area contributed by atoms with Gasteiger partial charge < -0.3 is 20.7 Å². The molecule has 170 valence electrons. The molecule has 30 heavy (non-hydrogen) atoms. The van der Waals surface area contributed by atoms with Crippen molar-refractivity contribution in [2.45, 2.75) is 47.0 Å². The number of nitrogens with one attached hydrogen (secondary N) is 1. The number of nitrogens with two attached hydrogens (primary N) is 1. The summed E-state index contributed by atoms with van der Waals surface area (Å²) >= 11 is 0. The van der Waals surface area contributed by atoms with Crippen molar-refractivity contribution >= 4 is 17.4 Å². The normalized spacial score (nSPS) is 15.0. The molecule has 1 amide bonds. The Balaban J connectivity index is 1.94. The molecule has 0 aliphatic carbocycles. The fraction of sp³-hybridized carbons (Fsp3) is 0.739. The van der Waals surface area contributed by atoms with Crippen molar-refractivity contribution in [3.63, 3.8) is 0 Å². The molecule has 0 aromatic carbocycles. The van der Waals surface area contributed by atoms with Crippen LogP contribution in [0.2, 0.25) is 0 Å². The summed E-state index contributed by atoms with van der Waals surface area (Å²) in [4.78, 5) is 22.1. The van der Waals surface area contributed by atoms with Gasteiger partial charge >= 0.3 is 0 Å². The molecule has 0 spiro atoms. The van der Waals surface area contributed by atoms with Gasteiger partial charge in [0.05, 0.1) is 18.9 Å². The van der Waals surface area contributed by atoms with E-state index in [-0.39, 0.29) is 5.91 Å². The van der Waals surface area contributed by atoms with Gasteiger partial charge in [-0.3, -0.25) is 9.69 Å². The van der Waals surface area contributed by atoms with Crippen LogP contribution in [0.5, 0.6) is 0 Å². The predicted molar refractivity (Wildman–Crippen MR) is 124 cm³/mol. The summed E-state index contributed by atoms with van der Waals surface area (Å²) in [5.41, 5.74) is 7.15. The summed E-state index contributed by atoms with van der Waals surface area (Å²) in [6.07, 6.45) is 2.98. The van der Waals surface area contributed by atoms with Crippen LogP contribution < -0.4 is 11.1 Å². The fourth-order valence-electron chi connectivity index (χ4n) is 3.37. The van der Waals surface area contributed by atoms with Crippen molar-refractivity contribution in [3.8, 4) is 0 Å². The summed E-state index contributed by atoms with van der Waals surface area (Å²) in [7, 11) is 0. The molecule has 1 saturated heterocycles. The van der Waals surface area contributed by atoms with Gasteiger partial charge in [0.15, 0.2) is 0 Å². The van der Waals surface area contributed by atoms with Gasteiger partial charge in [0.25, 0.3) is 5.91 Å². The number of hydrogen-bond donors (Lipinski definition) is 2. The highest BCUT2D eigenvalue weighted by molar-refractivity contribution is 5.93. The predicted octanol–water partition coefficient (Wildman–Crippen LogP) is 3.33. The van der Waals surface area contributed by atoms with E-state index in [0.29, 0.717) is 29.0 Å². The third kappa shape index (κ3) is 8.48. The number of aromatic nitrogens is 1. The first-order chi connectivity index (χ1) is 14.4. The van der Waals surface area contributed by atoms with Crippen LogP contribution in [0.25, 0.3) is 0 Å². The molecule has 7 heteroatoms. The minimum atomic E-state index is -0.00679. The molecule has 7 nitrogen and oxygen atoms in total. The summed E-state index contributed by atoms with van der Waals surface area (Å²) in [5, 5.41) is 3.32. The Morgan fingerprint density at radius 3 is 2.40 bits per heavy atom. The van der Waals surface area contributed by atoms with E-state index in [2.05, 4.69) is 42.9 Å². The van der Waals surface area contributed by atoms with Gasteiger partial charge in [0.1, 0.15) is 11.5 Å². The van der Waals surface area contributed by atoms with Crippen LogP contribution in [0.1, 0.15) is 57.4 Å². The molecule has 3 N–H and O–H groups in total. The van der Waals surface area contributed by atoms with E-state index in [0.717, 1.165) is 71.7 Å². The number of carbonyl (C=O) groups excluding carboxylic acids is 1. The van der Waals surface area contributed by atoms with E-state index in [4.69, 9.17) is 10.5 Å². The van der Waals surface area contributed by atoms with E-state index in [9.17, 15) is 4.79 Å². The molecule has 2 heterocycles. The smallest absolute Gasteiger partial charge is 0.272 e. The van der Waals surface area contributed by atoms with Crippen LogP contribution in [0, 0.1) is 11.8 Å². The maximum atomic E-state index is 13.1. The molecule has 2 rings (SSSR count). The Labute approximate surface area is 182 Å². The summed E-state index contributed by atoms with van der Waals surface area (Å²) < 4.78 is 5.39. The van der Waals surface area contributed by atoms with E-state index >= 15 is 0 Å². The Morgan fingerprint density at radius 2 is 1.80 bits per heavy atom. The lowest BCUT2D eigenvalue weighted by Gasteiger charge is -2.26. The monoisotopic (exact) mass is 419 g/mol. The molecule has 1 aliphatic heterocycles. The number of anilines is 2. The molecule has 0 saturated carbocycles. The van der Waals surface area contributed by atoms with Crippen molar-refractivity contribution in [2.75, 3.05) is 63.5 Å². The van der Waals surface area contributed by atoms with E-state index in [1.54, 1.807) is 12.1 Å². The largest absolute Gasteiger partial charge is 0.396 e. The molecule has 1 aromatic rings. The zero-order valence-corrected chi connectivity index (χ0v) is 19.3. The second kappa shape index (κ2) is 12.7. The van der Waals surface area contributed by atoms with Crippen molar-refractivity contribution in [1.82, 2.24) is 14.8 Å². The number of rotatable bonds is 12. The number of amides is 1. The van der Waals surface area contributed by atoms with Crippen LogP contribution in [0.4, 0.5) is 11.5 Å². The van der Waals surface area contributed by atoms with Gasteiger partial charge in [-0.2, -0.15) is 0 Å². The fourth-order valence-corrected chi connectivity index (χ4v) is 3.37. The Bertz CT molecular complexity index is 632. The zero-order chi connectivity index (χ0) is 21.9.